The van der Waals surface area contributed by atoms with Crippen LogP contribution in [-0.2, 0) is 13.0 Å². The van der Waals surface area contributed by atoms with E-state index in [4.69, 9.17) is 16.0 Å². The standard InChI is InChI=1S/C18H18ClN5O2S/c1-2-24-8-7-13-14(9-24)27-17(15(13)16-23-20-10-26-16)22-18(25)21-12-5-3-11(19)4-6-12/h3-6,10H,2,7-9H2,1H3,(H2,21,22,25). The fraction of sp³-hybridized carbons (Fsp3) is 0.278. The molecule has 0 aliphatic carbocycles. The number of nitrogens with zero attached hydrogens (tertiary/aromatic N) is 3. The maximum absolute atomic E-state index is 12.5. The summed E-state index contributed by atoms with van der Waals surface area (Å²) in [4.78, 5) is 16.1. The number of hydrogen-bond donors (Lipinski definition) is 2. The lowest BCUT2D eigenvalue weighted by molar-refractivity contribution is 0.262. The van der Waals surface area contributed by atoms with Crippen LogP contribution in [0.25, 0.3) is 11.5 Å². The van der Waals surface area contributed by atoms with Gasteiger partial charge in [0, 0.05) is 28.7 Å². The van der Waals surface area contributed by atoms with Gasteiger partial charge in [0.15, 0.2) is 0 Å². The summed E-state index contributed by atoms with van der Waals surface area (Å²) in [6.07, 6.45) is 2.19. The maximum Gasteiger partial charge on any atom is 0.324 e. The van der Waals surface area contributed by atoms with Gasteiger partial charge in [-0.2, -0.15) is 0 Å². The second-order valence-electron chi connectivity index (χ2n) is 6.16. The Kier molecular flexibility index (Phi) is 5.11. The van der Waals surface area contributed by atoms with Crippen LogP contribution >= 0.6 is 22.9 Å². The first-order valence-electron chi connectivity index (χ1n) is 8.61. The fourth-order valence-electron chi connectivity index (χ4n) is 3.12. The zero-order valence-electron chi connectivity index (χ0n) is 14.7. The molecule has 0 spiro atoms. The number of thiophene rings is 1. The third-order valence-corrected chi connectivity index (χ3v) is 5.87. The number of aromatic nitrogens is 2. The maximum atomic E-state index is 12.5. The van der Waals surface area contributed by atoms with Crippen molar-refractivity contribution in [1.29, 1.82) is 0 Å². The number of likely N-dealkylation sites (N-methyl/N-ethyl adjacent to an activating group) is 1. The second kappa shape index (κ2) is 7.67. The molecule has 4 rings (SSSR count). The van der Waals surface area contributed by atoms with Crippen molar-refractivity contribution in [2.24, 2.45) is 0 Å². The van der Waals surface area contributed by atoms with Gasteiger partial charge in [0.25, 0.3) is 5.89 Å². The average Bonchev–Trinajstić information content (AvgIpc) is 3.30. The van der Waals surface area contributed by atoms with Gasteiger partial charge in [-0.1, -0.05) is 18.5 Å². The number of hydrogen-bond acceptors (Lipinski definition) is 6. The fourth-order valence-corrected chi connectivity index (χ4v) is 4.52. The van der Waals surface area contributed by atoms with Crippen LogP contribution < -0.4 is 10.6 Å². The third-order valence-electron chi connectivity index (χ3n) is 4.49. The van der Waals surface area contributed by atoms with Crippen LogP contribution in [0.15, 0.2) is 35.1 Å². The van der Waals surface area contributed by atoms with Gasteiger partial charge in [-0.3, -0.25) is 10.2 Å². The van der Waals surface area contributed by atoms with Gasteiger partial charge in [-0.05, 0) is 42.8 Å². The molecule has 0 radical (unpaired) electrons. The van der Waals surface area contributed by atoms with E-state index in [2.05, 4.69) is 32.7 Å². The van der Waals surface area contributed by atoms with Crippen LogP contribution in [0.3, 0.4) is 0 Å². The molecule has 1 aliphatic heterocycles. The van der Waals surface area contributed by atoms with Gasteiger partial charge in [0.2, 0.25) is 6.39 Å². The lowest BCUT2D eigenvalue weighted by atomic mass is 10.0. The van der Waals surface area contributed by atoms with Crippen LogP contribution in [0.1, 0.15) is 17.4 Å². The molecule has 0 unspecified atom stereocenters. The molecule has 140 valence electrons. The zero-order valence-corrected chi connectivity index (χ0v) is 16.2. The summed E-state index contributed by atoms with van der Waals surface area (Å²) >= 11 is 7.44. The molecule has 0 saturated carbocycles. The van der Waals surface area contributed by atoms with E-state index in [1.165, 1.54) is 16.8 Å². The molecule has 3 aromatic rings. The van der Waals surface area contributed by atoms with Crippen molar-refractivity contribution in [2.45, 2.75) is 19.9 Å². The van der Waals surface area contributed by atoms with E-state index in [9.17, 15) is 4.79 Å². The summed E-state index contributed by atoms with van der Waals surface area (Å²) in [5.41, 5.74) is 2.67. The van der Waals surface area contributed by atoms with Crippen LogP contribution in [0, 0.1) is 0 Å². The second-order valence-corrected chi connectivity index (χ2v) is 7.70. The van der Waals surface area contributed by atoms with E-state index in [1.807, 2.05) is 0 Å². The summed E-state index contributed by atoms with van der Waals surface area (Å²) in [7, 11) is 0. The molecule has 3 heterocycles. The number of urea groups is 1. The molecule has 27 heavy (non-hydrogen) atoms. The number of fused-ring (bicyclic) bond motifs is 1. The Labute approximate surface area is 165 Å². The number of nitrogens with one attached hydrogen (secondary N) is 2. The van der Waals surface area contributed by atoms with Crippen molar-refractivity contribution in [3.63, 3.8) is 0 Å². The summed E-state index contributed by atoms with van der Waals surface area (Å²) in [5.74, 6) is 0.430. The molecule has 7 nitrogen and oxygen atoms in total. The third kappa shape index (κ3) is 3.83. The van der Waals surface area contributed by atoms with Crippen LogP contribution in [0.4, 0.5) is 15.5 Å². The molecule has 2 N–H and O–H groups in total. The van der Waals surface area contributed by atoms with E-state index in [-0.39, 0.29) is 6.03 Å². The Morgan fingerprint density at radius 3 is 2.85 bits per heavy atom. The molecule has 9 heteroatoms. The van der Waals surface area contributed by atoms with E-state index < -0.39 is 0 Å². The molecule has 0 bridgehead atoms. The number of rotatable bonds is 4. The highest BCUT2D eigenvalue weighted by atomic mass is 35.5. The number of carbonyl (C=O) groups excluding carboxylic acids is 1. The normalized spacial score (nSPS) is 14.0. The van der Waals surface area contributed by atoms with Crippen molar-refractivity contribution in [3.8, 4) is 11.5 Å². The van der Waals surface area contributed by atoms with Gasteiger partial charge in [0.05, 0.1) is 5.56 Å². The van der Waals surface area contributed by atoms with Crippen LogP contribution in [0.2, 0.25) is 5.02 Å². The van der Waals surface area contributed by atoms with Crippen molar-refractivity contribution < 1.29 is 9.21 Å². The molecular formula is C18H18ClN5O2S. The molecule has 0 fully saturated rings. The van der Waals surface area contributed by atoms with Crippen molar-refractivity contribution in [3.05, 3.63) is 46.1 Å². The van der Waals surface area contributed by atoms with Gasteiger partial charge in [0.1, 0.15) is 5.00 Å². The number of anilines is 2. The van der Waals surface area contributed by atoms with Gasteiger partial charge in [-0.15, -0.1) is 21.5 Å². The average molecular weight is 404 g/mol. The molecule has 0 atom stereocenters. The first kappa shape index (κ1) is 18.0. The molecule has 0 saturated heterocycles. The Morgan fingerprint density at radius 1 is 1.33 bits per heavy atom. The Bertz CT molecular complexity index is 940. The summed E-state index contributed by atoms with van der Waals surface area (Å²) < 4.78 is 5.44. The predicted molar refractivity (Wildman–Crippen MR) is 106 cm³/mol. The first-order chi connectivity index (χ1) is 13.1. The number of halogens is 1. The molecule has 2 amide bonds. The molecular weight excluding hydrogens is 386 g/mol. The Morgan fingerprint density at radius 2 is 2.15 bits per heavy atom. The van der Waals surface area contributed by atoms with Crippen molar-refractivity contribution in [1.82, 2.24) is 15.1 Å². The van der Waals surface area contributed by atoms with Crippen molar-refractivity contribution in [2.75, 3.05) is 23.7 Å². The van der Waals surface area contributed by atoms with E-state index in [0.717, 1.165) is 31.6 Å². The smallest absolute Gasteiger partial charge is 0.324 e. The minimum absolute atomic E-state index is 0.330. The van der Waals surface area contributed by atoms with Gasteiger partial charge in [-0.25, -0.2) is 4.79 Å². The lowest BCUT2D eigenvalue weighted by Crippen LogP contribution is -2.29. The van der Waals surface area contributed by atoms with Gasteiger partial charge >= 0.3 is 6.03 Å². The highest BCUT2D eigenvalue weighted by molar-refractivity contribution is 7.17. The van der Waals surface area contributed by atoms with E-state index >= 15 is 0 Å². The van der Waals surface area contributed by atoms with Crippen LogP contribution in [-0.4, -0.2) is 34.2 Å². The van der Waals surface area contributed by atoms with Crippen molar-refractivity contribution >= 4 is 39.7 Å². The summed E-state index contributed by atoms with van der Waals surface area (Å²) in [5, 5.41) is 14.9. The summed E-state index contributed by atoms with van der Waals surface area (Å²) in [6, 6.07) is 6.62. The Hall–Kier alpha value is -2.42. The van der Waals surface area contributed by atoms with E-state index in [1.54, 1.807) is 35.6 Å². The monoisotopic (exact) mass is 403 g/mol. The highest BCUT2D eigenvalue weighted by Gasteiger charge is 2.27. The predicted octanol–water partition coefficient (Wildman–Crippen LogP) is 4.47. The highest BCUT2D eigenvalue weighted by Crippen LogP contribution is 2.42. The quantitative estimate of drug-likeness (QED) is 0.671. The zero-order chi connectivity index (χ0) is 18.8. The number of benzene rings is 1. The minimum atomic E-state index is -0.330. The molecule has 2 aromatic heterocycles. The summed E-state index contributed by atoms with van der Waals surface area (Å²) in [6.45, 7) is 4.97. The van der Waals surface area contributed by atoms with Gasteiger partial charge < -0.3 is 9.73 Å². The Balaban J connectivity index is 1.61. The topological polar surface area (TPSA) is 83.3 Å². The SMILES string of the molecule is CCN1CCc2c(sc(NC(=O)Nc3ccc(Cl)cc3)c2-c2nnco2)C1. The number of carbonyl (C=O) groups is 1. The lowest BCUT2D eigenvalue weighted by Gasteiger charge is -2.25. The largest absolute Gasteiger partial charge is 0.423 e. The van der Waals surface area contributed by atoms with Crippen LogP contribution in [0.5, 0.6) is 0 Å². The first-order valence-corrected chi connectivity index (χ1v) is 9.80. The number of amides is 2. The minimum Gasteiger partial charge on any atom is -0.423 e. The van der Waals surface area contributed by atoms with E-state index in [0.29, 0.717) is 21.6 Å². The molecule has 1 aliphatic rings. The molecule has 1 aromatic carbocycles.